The molecule has 3 aromatic rings. The van der Waals surface area contributed by atoms with Crippen LogP contribution in [0.4, 0.5) is 5.69 Å². The standard InChI is InChI=1S/C22H23IN4O2S/c1-12-18(19(23)13(2)25-12)21-20(15-7-5-6-10-24-15)26-22(30)27(21)16-9-8-14(28-3)11-17(16)29-4/h5-11,20-21,25H,1-4H3,(H,26,30)/t20-,21+/m1/s1. The molecule has 0 unspecified atom stereocenters. The Kier molecular flexibility index (Phi) is 5.88. The zero-order valence-electron chi connectivity index (χ0n) is 17.2. The highest BCUT2D eigenvalue weighted by atomic mass is 127. The highest BCUT2D eigenvalue weighted by Gasteiger charge is 2.43. The van der Waals surface area contributed by atoms with Gasteiger partial charge in [-0.1, -0.05) is 6.07 Å². The van der Waals surface area contributed by atoms with E-state index in [1.807, 2.05) is 42.6 Å². The lowest BCUT2D eigenvalue weighted by molar-refractivity contribution is 0.394. The number of nitrogens with zero attached hydrogens (tertiary/aromatic N) is 2. The molecule has 2 atom stereocenters. The molecule has 1 aliphatic rings. The van der Waals surface area contributed by atoms with Gasteiger partial charge in [0.1, 0.15) is 11.5 Å². The molecule has 6 nitrogen and oxygen atoms in total. The highest BCUT2D eigenvalue weighted by molar-refractivity contribution is 14.1. The van der Waals surface area contributed by atoms with Crippen molar-refractivity contribution in [2.45, 2.75) is 25.9 Å². The second-order valence-electron chi connectivity index (χ2n) is 7.14. The quantitative estimate of drug-likeness (QED) is 0.362. The molecule has 30 heavy (non-hydrogen) atoms. The maximum absolute atomic E-state index is 5.83. The van der Waals surface area contributed by atoms with Gasteiger partial charge in [-0.3, -0.25) is 4.98 Å². The summed E-state index contributed by atoms with van der Waals surface area (Å²) in [6, 6.07) is 11.5. The normalized spacial score (nSPS) is 18.4. The van der Waals surface area contributed by atoms with Gasteiger partial charge in [0, 0.05) is 32.8 Å². The van der Waals surface area contributed by atoms with E-state index in [1.165, 1.54) is 9.13 Å². The van der Waals surface area contributed by atoms with Crippen LogP contribution in [0.3, 0.4) is 0 Å². The monoisotopic (exact) mass is 534 g/mol. The Bertz CT molecular complexity index is 1090. The Morgan fingerprint density at radius 1 is 1.10 bits per heavy atom. The number of methoxy groups -OCH3 is 2. The predicted octanol–water partition coefficient (Wildman–Crippen LogP) is 4.83. The van der Waals surface area contributed by atoms with E-state index in [2.05, 4.69) is 56.6 Å². The van der Waals surface area contributed by atoms with Gasteiger partial charge in [-0.2, -0.15) is 0 Å². The molecule has 0 bridgehead atoms. The van der Waals surface area contributed by atoms with Crippen LogP contribution in [-0.4, -0.2) is 29.3 Å². The van der Waals surface area contributed by atoms with Gasteiger partial charge in [0.2, 0.25) is 0 Å². The number of rotatable bonds is 5. The molecule has 0 amide bonds. The molecule has 0 spiro atoms. The fourth-order valence-electron chi connectivity index (χ4n) is 4.01. The minimum absolute atomic E-state index is 0.0912. The number of hydrogen-bond donors (Lipinski definition) is 2. The van der Waals surface area contributed by atoms with Crippen molar-refractivity contribution in [2.75, 3.05) is 19.1 Å². The third-order valence-corrected chi connectivity index (χ3v) is 7.09. The average Bonchev–Trinajstić information content (AvgIpc) is 3.22. The SMILES string of the molecule is COc1ccc(N2C(=S)N[C@H](c3ccccn3)[C@@H]2c2c(C)[nH]c(C)c2I)c(OC)c1. The van der Waals surface area contributed by atoms with Crippen LogP contribution in [0, 0.1) is 17.4 Å². The van der Waals surface area contributed by atoms with Crippen molar-refractivity contribution in [1.29, 1.82) is 0 Å². The van der Waals surface area contributed by atoms with Crippen LogP contribution in [0.1, 0.15) is 34.7 Å². The summed E-state index contributed by atoms with van der Waals surface area (Å²) in [5.41, 5.74) is 5.28. The molecule has 2 aromatic heterocycles. The lowest BCUT2D eigenvalue weighted by Gasteiger charge is -2.29. The highest BCUT2D eigenvalue weighted by Crippen LogP contribution is 2.47. The molecule has 1 saturated heterocycles. The molecule has 1 aliphatic heterocycles. The number of aromatic nitrogens is 2. The second-order valence-corrected chi connectivity index (χ2v) is 8.60. The third-order valence-electron chi connectivity index (χ3n) is 5.39. The zero-order valence-corrected chi connectivity index (χ0v) is 20.2. The van der Waals surface area contributed by atoms with Crippen LogP contribution in [0.15, 0.2) is 42.6 Å². The molecule has 1 aromatic carbocycles. The Hall–Kier alpha value is -2.33. The Morgan fingerprint density at radius 3 is 2.50 bits per heavy atom. The van der Waals surface area contributed by atoms with Crippen LogP contribution >= 0.6 is 34.8 Å². The molecular formula is C22H23IN4O2S. The van der Waals surface area contributed by atoms with Crippen molar-refractivity contribution in [1.82, 2.24) is 15.3 Å². The number of aryl methyl sites for hydroxylation is 2. The second kappa shape index (κ2) is 8.43. The molecule has 4 rings (SSSR count). The van der Waals surface area contributed by atoms with Crippen LogP contribution in [0.25, 0.3) is 0 Å². The Labute approximate surface area is 195 Å². The van der Waals surface area contributed by atoms with E-state index in [9.17, 15) is 0 Å². The molecule has 8 heteroatoms. The summed E-state index contributed by atoms with van der Waals surface area (Å²) in [5.74, 6) is 1.43. The smallest absolute Gasteiger partial charge is 0.174 e. The third kappa shape index (κ3) is 3.51. The van der Waals surface area contributed by atoms with Crippen molar-refractivity contribution in [3.8, 4) is 11.5 Å². The fourth-order valence-corrected chi connectivity index (χ4v) is 5.21. The first kappa shape index (κ1) is 20.9. The van der Waals surface area contributed by atoms with Crippen molar-refractivity contribution >= 4 is 45.6 Å². The summed E-state index contributed by atoms with van der Waals surface area (Å²) in [6.45, 7) is 4.19. The summed E-state index contributed by atoms with van der Waals surface area (Å²) in [5, 5.41) is 4.13. The summed E-state index contributed by atoms with van der Waals surface area (Å²) in [6.07, 6.45) is 1.81. The summed E-state index contributed by atoms with van der Waals surface area (Å²) < 4.78 is 12.3. The molecule has 156 valence electrons. The van der Waals surface area contributed by atoms with Crippen molar-refractivity contribution < 1.29 is 9.47 Å². The van der Waals surface area contributed by atoms with Gasteiger partial charge in [0.15, 0.2) is 5.11 Å². The van der Waals surface area contributed by atoms with Crippen LogP contribution in [0.5, 0.6) is 11.5 Å². The van der Waals surface area contributed by atoms with Gasteiger partial charge in [-0.05, 0) is 72.9 Å². The molecule has 0 saturated carbocycles. The number of H-pyrrole nitrogens is 1. The number of nitrogens with one attached hydrogen (secondary N) is 2. The van der Waals surface area contributed by atoms with Gasteiger partial charge in [0.05, 0.1) is 37.7 Å². The Morgan fingerprint density at radius 2 is 1.90 bits per heavy atom. The minimum Gasteiger partial charge on any atom is -0.497 e. The Balaban J connectivity index is 1.92. The number of halogens is 1. The van der Waals surface area contributed by atoms with Crippen molar-refractivity contribution in [3.05, 3.63) is 68.8 Å². The zero-order chi connectivity index (χ0) is 21.4. The van der Waals surface area contributed by atoms with Gasteiger partial charge >= 0.3 is 0 Å². The number of aromatic amines is 1. The van der Waals surface area contributed by atoms with E-state index in [-0.39, 0.29) is 12.1 Å². The lowest BCUT2D eigenvalue weighted by Crippen LogP contribution is -2.30. The summed E-state index contributed by atoms with van der Waals surface area (Å²) in [7, 11) is 3.30. The molecule has 0 aliphatic carbocycles. The number of hydrogen-bond acceptors (Lipinski definition) is 4. The van der Waals surface area contributed by atoms with Gasteiger partial charge < -0.3 is 24.7 Å². The first-order valence-electron chi connectivity index (χ1n) is 9.53. The van der Waals surface area contributed by atoms with E-state index >= 15 is 0 Å². The summed E-state index contributed by atoms with van der Waals surface area (Å²) in [4.78, 5) is 10.2. The topological polar surface area (TPSA) is 62.4 Å². The molecular weight excluding hydrogens is 511 g/mol. The predicted molar refractivity (Wildman–Crippen MR) is 130 cm³/mol. The van der Waals surface area contributed by atoms with E-state index in [4.69, 9.17) is 21.7 Å². The van der Waals surface area contributed by atoms with Crippen molar-refractivity contribution in [3.63, 3.8) is 0 Å². The van der Waals surface area contributed by atoms with Crippen molar-refractivity contribution in [2.24, 2.45) is 0 Å². The number of thiocarbonyl (C=S) groups is 1. The van der Waals surface area contributed by atoms with Crippen LogP contribution in [0.2, 0.25) is 0 Å². The number of pyridine rings is 1. The molecule has 0 radical (unpaired) electrons. The molecule has 1 fully saturated rings. The van der Waals surface area contributed by atoms with Crippen LogP contribution in [-0.2, 0) is 0 Å². The minimum atomic E-state index is -0.104. The largest absolute Gasteiger partial charge is 0.497 e. The maximum Gasteiger partial charge on any atom is 0.174 e. The number of anilines is 1. The first-order valence-corrected chi connectivity index (χ1v) is 11.0. The van der Waals surface area contributed by atoms with E-state index in [0.717, 1.165) is 28.5 Å². The first-order chi connectivity index (χ1) is 14.5. The fraction of sp³-hybridized carbons (Fsp3) is 0.273. The average molecular weight is 534 g/mol. The van der Waals surface area contributed by atoms with E-state index in [0.29, 0.717) is 10.9 Å². The van der Waals surface area contributed by atoms with E-state index < -0.39 is 0 Å². The van der Waals surface area contributed by atoms with Gasteiger partial charge in [-0.25, -0.2) is 0 Å². The number of ether oxygens (including phenoxy) is 2. The van der Waals surface area contributed by atoms with Gasteiger partial charge in [0.25, 0.3) is 0 Å². The number of benzene rings is 1. The molecule has 2 N–H and O–H groups in total. The maximum atomic E-state index is 5.83. The summed E-state index contributed by atoms with van der Waals surface area (Å²) >= 11 is 8.24. The molecule has 3 heterocycles. The van der Waals surface area contributed by atoms with Crippen LogP contribution < -0.4 is 19.7 Å². The van der Waals surface area contributed by atoms with Gasteiger partial charge in [-0.15, -0.1) is 0 Å². The lowest BCUT2D eigenvalue weighted by atomic mass is 9.96. The van der Waals surface area contributed by atoms with E-state index in [1.54, 1.807) is 14.2 Å².